The Labute approximate surface area is 138 Å². The van der Waals surface area contributed by atoms with Gasteiger partial charge in [-0.05, 0) is 17.4 Å². The van der Waals surface area contributed by atoms with Gasteiger partial charge in [-0.1, -0.05) is 67.2 Å². The second-order valence-electron chi connectivity index (χ2n) is 6.13. The van der Waals surface area contributed by atoms with Gasteiger partial charge in [0, 0.05) is 26.2 Å². The van der Waals surface area contributed by atoms with Crippen LogP contribution in [0.2, 0.25) is 0 Å². The monoisotopic (exact) mass is 354 g/mol. The predicted octanol–water partition coefficient (Wildman–Crippen LogP) is 5.12. The number of hydrogen-bond acceptors (Lipinski definition) is 2. The van der Waals surface area contributed by atoms with Gasteiger partial charge >= 0.3 is 0 Å². The van der Waals surface area contributed by atoms with E-state index in [0.717, 1.165) is 26.2 Å². The smallest absolute Gasteiger partial charge is 0.221 e. The zero-order valence-corrected chi connectivity index (χ0v) is 17.9. The summed E-state index contributed by atoms with van der Waals surface area (Å²) in [5, 5.41) is 0. The molecule has 0 unspecified atom stereocenters. The molecule has 0 aromatic carbocycles. The number of rotatable bonds is 10. The maximum Gasteiger partial charge on any atom is 0.221 e. The molecule has 0 atom stereocenters. The lowest BCUT2D eigenvalue weighted by Crippen LogP contribution is -2.34. The Kier molecular flexibility index (Phi) is 9.53. The van der Waals surface area contributed by atoms with Crippen molar-refractivity contribution in [3.8, 4) is 0 Å². The molecule has 0 bridgehead atoms. The minimum Gasteiger partial charge on any atom is -0.288 e. The lowest BCUT2D eigenvalue weighted by Gasteiger charge is -2.42. The maximum absolute atomic E-state index is 14.0. The molecule has 0 N–H and O–H groups in total. The van der Waals surface area contributed by atoms with Crippen LogP contribution in [0.5, 0.6) is 0 Å². The summed E-state index contributed by atoms with van der Waals surface area (Å²) >= 11 is 6.11. The quantitative estimate of drug-likeness (QED) is 0.508. The second kappa shape index (κ2) is 9.18. The van der Waals surface area contributed by atoms with E-state index in [1.807, 2.05) is 0 Å². The Morgan fingerprint density at radius 1 is 0.810 bits per heavy atom. The first-order chi connectivity index (χ1) is 9.63. The zero-order valence-electron chi connectivity index (χ0n) is 15.3. The first-order valence-electron chi connectivity index (χ1n) is 8.32. The Morgan fingerprint density at radius 3 is 1.29 bits per heavy atom. The molecule has 0 aliphatic rings. The van der Waals surface area contributed by atoms with Crippen LogP contribution in [0.3, 0.4) is 0 Å². The van der Waals surface area contributed by atoms with Gasteiger partial charge in [-0.15, -0.1) is 0 Å². The van der Waals surface area contributed by atoms with Crippen molar-refractivity contribution in [1.29, 1.82) is 0 Å². The van der Waals surface area contributed by atoms with Crippen molar-refractivity contribution in [3.05, 3.63) is 0 Å². The molecule has 0 radical (unpaired) electrons. The highest BCUT2D eigenvalue weighted by molar-refractivity contribution is 8.17. The molecule has 0 fully saturated rings. The van der Waals surface area contributed by atoms with Gasteiger partial charge in [-0.3, -0.25) is 4.57 Å². The van der Waals surface area contributed by atoms with Crippen LogP contribution in [0.15, 0.2) is 0 Å². The van der Waals surface area contributed by atoms with Crippen LogP contribution in [-0.2, 0) is 16.4 Å². The highest BCUT2D eigenvalue weighted by Gasteiger charge is 2.41. The van der Waals surface area contributed by atoms with Crippen molar-refractivity contribution in [3.63, 3.8) is 0 Å². The molecular formula is C15H36N2OP2S. The molecule has 0 aromatic rings. The molecule has 0 aliphatic heterocycles. The van der Waals surface area contributed by atoms with Gasteiger partial charge in [0.25, 0.3) is 0 Å². The second-order valence-corrected chi connectivity index (χ2v) is 15.5. The lowest BCUT2D eigenvalue weighted by atomic mass is 10.5. The Bertz CT molecular complexity index is 363. The molecule has 0 amide bonds. The first kappa shape index (κ1) is 21.8. The molecule has 0 aliphatic carbocycles. The lowest BCUT2D eigenvalue weighted by molar-refractivity contribution is 0.363. The standard InChI is InChI=1S/C15H36N2OP2S/c1-9-16(10-2)20(18,17(11-3)12-4)13-19(21,14(5)6)15(7)8/h14-15H,9-13H2,1-8H3. The van der Waals surface area contributed by atoms with Crippen molar-refractivity contribution < 1.29 is 4.57 Å². The molecule has 0 rings (SSSR count). The fraction of sp³-hybridized carbons (Fsp3) is 1.00. The minimum absolute atomic E-state index is 0.451. The molecule has 0 saturated heterocycles. The van der Waals surface area contributed by atoms with Gasteiger partial charge in [0.05, 0.1) is 5.90 Å². The van der Waals surface area contributed by atoms with E-state index in [1.165, 1.54) is 0 Å². The summed E-state index contributed by atoms with van der Waals surface area (Å²) in [4.78, 5) is 0. The van der Waals surface area contributed by atoms with Gasteiger partial charge in [0.1, 0.15) is 0 Å². The van der Waals surface area contributed by atoms with Crippen LogP contribution in [0.25, 0.3) is 0 Å². The van der Waals surface area contributed by atoms with Gasteiger partial charge in [0.2, 0.25) is 7.44 Å². The van der Waals surface area contributed by atoms with E-state index in [0.29, 0.717) is 17.2 Å². The number of hydrogen-bond donors (Lipinski definition) is 0. The summed E-state index contributed by atoms with van der Waals surface area (Å²) in [6.07, 6.45) is 0. The minimum atomic E-state index is -2.56. The van der Waals surface area contributed by atoms with E-state index < -0.39 is 13.5 Å². The third kappa shape index (κ3) is 4.88. The van der Waals surface area contributed by atoms with E-state index in [9.17, 15) is 4.57 Å². The van der Waals surface area contributed by atoms with Gasteiger partial charge in [0.15, 0.2) is 0 Å². The van der Waals surface area contributed by atoms with E-state index in [-0.39, 0.29) is 0 Å². The maximum atomic E-state index is 14.0. The molecule has 0 aromatic heterocycles. The van der Waals surface area contributed by atoms with Crippen LogP contribution in [0.1, 0.15) is 55.4 Å². The van der Waals surface area contributed by atoms with Crippen molar-refractivity contribution in [2.24, 2.45) is 0 Å². The van der Waals surface area contributed by atoms with Crippen molar-refractivity contribution in [1.82, 2.24) is 9.34 Å². The highest BCUT2D eigenvalue weighted by Crippen LogP contribution is 2.68. The van der Waals surface area contributed by atoms with Crippen LogP contribution < -0.4 is 0 Å². The van der Waals surface area contributed by atoms with Gasteiger partial charge in [-0.2, -0.15) is 0 Å². The first-order valence-corrected chi connectivity index (χ1v) is 13.2. The van der Waals surface area contributed by atoms with Crippen molar-refractivity contribution in [2.75, 3.05) is 32.1 Å². The molecule has 6 heteroatoms. The van der Waals surface area contributed by atoms with Crippen LogP contribution in [0, 0.1) is 0 Å². The molecule has 0 saturated carbocycles. The van der Waals surface area contributed by atoms with E-state index in [1.54, 1.807) is 0 Å². The van der Waals surface area contributed by atoms with Crippen molar-refractivity contribution >= 4 is 25.3 Å². The fourth-order valence-corrected chi connectivity index (χ4v) is 13.9. The summed E-state index contributed by atoms with van der Waals surface area (Å²) in [7, 11) is -2.56. The highest BCUT2D eigenvalue weighted by atomic mass is 32.4. The van der Waals surface area contributed by atoms with Crippen molar-refractivity contribution in [2.45, 2.75) is 66.7 Å². The molecule has 3 nitrogen and oxygen atoms in total. The molecular weight excluding hydrogens is 318 g/mol. The Balaban J connectivity index is 5.83. The normalized spacial score (nSPS) is 13.9. The van der Waals surface area contributed by atoms with Crippen LogP contribution >= 0.6 is 13.5 Å². The van der Waals surface area contributed by atoms with E-state index in [2.05, 4.69) is 64.7 Å². The van der Waals surface area contributed by atoms with E-state index >= 15 is 0 Å². The average Bonchev–Trinajstić information content (AvgIpc) is 2.40. The summed E-state index contributed by atoms with van der Waals surface area (Å²) < 4.78 is 18.3. The van der Waals surface area contributed by atoms with Crippen LogP contribution in [-0.4, -0.2) is 52.7 Å². The zero-order chi connectivity index (χ0) is 16.8. The molecule has 21 heavy (non-hydrogen) atoms. The Hall–Kier alpha value is 0.800. The number of nitrogens with zero attached hydrogens (tertiary/aromatic N) is 2. The molecule has 128 valence electrons. The SMILES string of the molecule is CCN(CC)P(=O)(CP(=S)(C(C)C)C(C)C)N(CC)CC. The molecule has 0 heterocycles. The fourth-order valence-electron chi connectivity index (χ4n) is 2.90. The predicted molar refractivity (Wildman–Crippen MR) is 103 cm³/mol. The molecule has 0 spiro atoms. The average molecular weight is 354 g/mol. The summed E-state index contributed by atoms with van der Waals surface area (Å²) in [6, 6.07) is -1.66. The largest absolute Gasteiger partial charge is 0.288 e. The summed E-state index contributed by atoms with van der Waals surface area (Å²) in [5.74, 6) is 0.716. The third-order valence-corrected chi connectivity index (χ3v) is 17.7. The van der Waals surface area contributed by atoms with Crippen LogP contribution in [0.4, 0.5) is 0 Å². The topological polar surface area (TPSA) is 23.6 Å². The summed E-state index contributed by atoms with van der Waals surface area (Å²) in [6.45, 7) is 20.6. The van der Waals surface area contributed by atoms with E-state index in [4.69, 9.17) is 11.8 Å². The summed E-state index contributed by atoms with van der Waals surface area (Å²) in [5.41, 5.74) is 0.902. The van der Waals surface area contributed by atoms with Gasteiger partial charge in [-0.25, -0.2) is 9.34 Å². The van der Waals surface area contributed by atoms with Gasteiger partial charge < -0.3 is 0 Å². The third-order valence-electron chi connectivity index (χ3n) is 4.50. The Morgan fingerprint density at radius 2 is 1.10 bits per heavy atom.